The second-order valence-electron chi connectivity index (χ2n) is 10.9. The molecule has 2 aromatic heterocycles. The lowest BCUT2D eigenvalue weighted by atomic mass is 10.1. The first-order chi connectivity index (χ1) is 22.8. The van der Waals surface area contributed by atoms with E-state index >= 15 is 0 Å². The Hall–Kier alpha value is -4.84. The fourth-order valence-electron chi connectivity index (χ4n) is 4.81. The van der Waals surface area contributed by atoms with Crippen LogP contribution in [0.3, 0.4) is 0 Å². The lowest BCUT2D eigenvalue weighted by Crippen LogP contribution is -3.05. The van der Waals surface area contributed by atoms with Crippen LogP contribution in [0.25, 0.3) is 22.8 Å². The average molecular weight is 683 g/mol. The van der Waals surface area contributed by atoms with Crippen LogP contribution in [0.15, 0.2) is 89.7 Å². The van der Waals surface area contributed by atoms with Gasteiger partial charge in [0.1, 0.15) is 11.3 Å². The molecule has 4 aromatic rings. The maximum absolute atomic E-state index is 13.9. The maximum Gasteiger partial charge on any atom is 0.416 e. The second-order valence-corrected chi connectivity index (χ2v) is 12.0. The van der Waals surface area contributed by atoms with Crippen LogP contribution in [0.1, 0.15) is 41.3 Å². The number of hydrogen-bond acceptors (Lipinski definition) is 6. The number of halogens is 3. The zero-order valence-corrected chi connectivity index (χ0v) is 28.3. The highest BCUT2D eigenvalue weighted by Gasteiger charge is 2.33. The molecule has 0 saturated carbocycles. The number of aromatic nitrogens is 4. The molecule has 0 saturated heterocycles. The lowest BCUT2D eigenvalue weighted by Gasteiger charge is -2.18. The van der Waals surface area contributed by atoms with Gasteiger partial charge in [-0.3, -0.25) is 14.3 Å². The summed E-state index contributed by atoms with van der Waals surface area (Å²) in [6.07, 6.45) is -0.168. The standard InChI is InChI=1S/C29H30F3N7O2.C5H8OS/c1-5-21(14-16-36(2)3)35-27(40)25-26(24-13-15-34-38(24)22-11-9-19(18-33)10-12-22)37(4)39(28(25)41)23-8-6-7-20(17-23)29(30,31)32;1-4-5(2)7-6-3/h6-13,15,17,21H,5,14,16H2,1-4H3,(H,35,40);4H,1-2H2,3H3/p+1. The molecule has 1 unspecified atom stereocenters. The summed E-state index contributed by atoms with van der Waals surface area (Å²) in [6, 6.07) is 14.4. The van der Waals surface area contributed by atoms with E-state index in [2.05, 4.69) is 33.8 Å². The SMILES string of the molecule is C=CC(=C)SOC.CCC(CC[NH+](C)C)NC(=O)c1c(-c2ccnn2-c2ccc(C#N)cc2)n(C)n(-c2cccc(C(F)(F)F)c2)c1=O. The van der Waals surface area contributed by atoms with Crippen molar-refractivity contribution in [2.24, 2.45) is 7.05 Å². The molecule has 4 rings (SSSR count). The van der Waals surface area contributed by atoms with Gasteiger partial charge < -0.3 is 14.4 Å². The molecular formula is C34H39F3N7O3S+. The molecule has 0 spiro atoms. The number of nitrogens with one attached hydrogen (secondary N) is 2. The van der Waals surface area contributed by atoms with Gasteiger partial charge in [-0.05, 0) is 55.0 Å². The predicted octanol–water partition coefficient (Wildman–Crippen LogP) is 4.94. The highest BCUT2D eigenvalue weighted by Crippen LogP contribution is 2.31. The highest BCUT2D eigenvalue weighted by molar-refractivity contribution is 7.98. The summed E-state index contributed by atoms with van der Waals surface area (Å²) < 4.78 is 49.2. The Bertz CT molecular complexity index is 1830. The number of nitriles is 1. The number of hydrogen-bond donors (Lipinski definition) is 2. The quantitative estimate of drug-likeness (QED) is 0.162. The number of amides is 1. The third kappa shape index (κ3) is 9.15. The molecule has 0 bridgehead atoms. The zero-order valence-electron chi connectivity index (χ0n) is 27.5. The van der Waals surface area contributed by atoms with Gasteiger partial charge in [0.05, 0.1) is 68.2 Å². The van der Waals surface area contributed by atoms with Crippen molar-refractivity contribution in [2.75, 3.05) is 27.7 Å². The Morgan fingerprint density at radius 2 is 1.88 bits per heavy atom. The minimum absolute atomic E-state index is 0.0414. The molecular weight excluding hydrogens is 643 g/mol. The summed E-state index contributed by atoms with van der Waals surface area (Å²) in [4.78, 5) is 29.7. The van der Waals surface area contributed by atoms with E-state index in [1.165, 1.54) is 51.7 Å². The fourth-order valence-corrected chi connectivity index (χ4v) is 5.10. The molecule has 254 valence electrons. The van der Waals surface area contributed by atoms with E-state index in [9.17, 15) is 22.8 Å². The molecule has 0 fully saturated rings. The van der Waals surface area contributed by atoms with Gasteiger partial charge in [-0.25, -0.2) is 9.36 Å². The van der Waals surface area contributed by atoms with E-state index in [1.807, 2.05) is 21.0 Å². The van der Waals surface area contributed by atoms with Crippen LogP contribution >= 0.6 is 12.0 Å². The Kier molecular flexibility index (Phi) is 13.2. The van der Waals surface area contributed by atoms with Crippen LogP contribution in [0, 0.1) is 11.3 Å². The molecule has 1 atom stereocenters. The summed E-state index contributed by atoms with van der Waals surface area (Å²) in [5, 5.41) is 16.5. The van der Waals surface area contributed by atoms with E-state index in [4.69, 9.17) is 5.26 Å². The largest absolute Gasteiger partial charge is 0.416 e. The molecule has 48 heavy (non-hydrogen) atoms. The molecule has 10 nitrogen and oxygen atoms in total. The second kappa shape index (κ2) is 16.8. The van der Waals surface area contributed by atoms with Crippen LogP contribution < -0.4 is 15.8 Å². The number of allylic oxidation sites excluding steroid dienone is 1. The van der Waals surface area contributed by atoms with E-state index < -0.39 is 23.2 Å². The normalized spacial score (nSPS) is 11.8. The zero-order chi connectivity index (χ0) is 35.6. The third-order valence-corrected chi connectivity index (χ3v) is 7.82. The Labute approximate surface area is 281 Å². The number of benzene rings is 2. The number of carbonyl (C=O) groups excluding carboxylic acids is 1. The Balaban J connectivity index is 0.000000804. The number of alkyl halides is 3. The van der Waals surface area contributed by atoms with Gasteiger partial charge in [0.25, 0.3) is 11.5 Å². The van der Waals surface area contributed by atoms with Gasteiger partial charge in [0, 0.05) is 36.5 Å². The van der Waals surface area contributed by atoms with Crippen molar-refractivity contribution < 1.29 is 27.0 Å². The molecule has 14 heteroatoms. The number of quaternary nitrogens is 1. The molecule has 0 aliphatic carbocycles. The fraction of sp³-hybridized carbons (Fsp3) is 0.294. The molecule has 1 amide bonds. The van der Waals surface area contributed by atoms with Crippen LogP contribution in [-0.4, -0.2) is 58.8 Å². The predicted molar refractivity (Wildman–Crippen MR) is 181 cm³/mol. The summed E-state index contributed by atoms with van der Waals surface area (Å²) in [5.41, 5.74) is -0.381. The van der Waals surface area contributed by atoms with Crippen LogP contribution in [-0.2, 0) is 17.4 Å². The minimum Gasteiger partial charge on any atom is -0.349 e. The van der Waals surface area contributed by atoms with Crippen LogP contribution in [0.5, 0.6) is 0 Å². The number of rotatable bonds is 12. The van der Waals surface area contributed by atoms with E-state index in [1.54, 1.807) is 43.5 Å². The Morgan fingerprint density at radius 1 is 1.19 bits per heavy atom. The maximum atomic E-state index is 13.9. The summed E-state index contributed by atoms with van der Waals surface area (Å²) in [7, 11) is 7.11. The first kappa shape index (κ1) is 37.6. The van der Waals surface area contributed by atoms with Gasteiger partial charge in [0.15, 0.2) is 0 Å². The van der Waals surface area contributed by atoms with Crippen molar-refractivity contribution in [1.29, 1.82) is 5.26 Å². The molecule has 0 radical (unpaired) electrons. The lowest BCUT2D eigenvalue weighted by molar-refractivity contribution is -0.858. The first-order valence-electron chi connectivity index (χ1n) is 14.9. The van der Waals surface area contributed by atoms with Gasteiger partial charge >= 0.3 is 6.18 Å². The first-order valence-corrected chi connectivity index (χ1v) is 15.7. The summed E-state index contributed by atoms with van der Waals surface area (Å²) in [6.45, 7) is 9.79. The summed E-state index contributed by atoms with van der Waals surface area (Å²) >= 11 is 1.22. The topological polar surface area (TPSA) is 111 Å². The van der Waals surface area contributed by atoms with Gasteiger partial charge in [0.2, 0.25) is 0 Å². The Morgan fingerprint density at radius 3 is 2.42 bits per heavy atom. The molecule has 2 N–H and O–H groups in total. The van der Waals surface area contributed by atoms with Crippen molar-refractivity contribution >= 4 is 17.9 Å². The molecule has 2 aromatic carbocycles. The third-order valence-electron chi connectivity index (χ3n) is 7.28. The van der Waals surface area contributed by atoms with Crippen LogP contribution in [0.4, 0.5) is 13.2 Å². The number of carbonyl (C=O) groups is 1. The minimum atomic E-state index is -4.62. The molecule has 0 aliphatic rings. The number of nitrogens with zero attached hydrogens (tertiary/aromatic N) is 5. The smallest absolute Gasteiger partial charge is 0.349 e. The van der Waals surface area contributed by atoms with Crippen molar-refractivity contribution in [3.8, 4) is 28.8 Å². The van der Waals surface area contributed by atoms with Gasteiger partial charge in [-0.2, -0.15) is 23.5 Å². The van der Waals surface area contributed by atoms with Crippen molar-refractivity contribution in [1.82, 2.24) is 24.5 Å². The molecule has 2 heterocycles. The highest BCUT2D eigenvalue weighted by atomic mass is 32.2. The summed E-state index contributed by atoms with van der Waals surface area (Å²) in [5.74, 6) is -0.625. The van der Waals surface area contributed by atoms with Crippen molar-refractivity contribution in [2.45, 2.75) is 32.0 Å². The van der Waals surface area contributed by atoms with Gasteiger partial charge in [-0.15, -0.1) is 0 Å². The van der Waals surface area contributed by atoms with Crippen molar-refractivity contribution in [3.05, 3.63) is 112 Å². The molecule has 0 aliphatic heterocycles. The van der Waals surface area contributed by atoms with Crippen molar-refractivity contribution in [3.63, 3.8) is 0 Å². The average Bonchev–Trinajstić information content (AvgIpc) is 3.64. The van der Waals surface area contributed by atoms with E-state index in [0.29, 0.717) is 29.8 Å². The van der Waals surface area contributed by atoms with Crippen LogP contribution in [0.2, 0.25) is 0 Å². The van der Waals surface area contributed by atoms with E-state index in [-0.39, 0.29) is 23.0 Å². The van der Waals surface area contributed by atoms with Gasteiger partial charge in [-0.1, -0.05) is 32.2 Å². The monoisotopic (exact) mass is 682 g/mol. The van der Waals surface area contributed by atoms with E-state index in [0.717, 1.165) is 28.3 Å².